The lowest BCUT2D eigenvalue weighted by molar-refractivity contribution is -0.00915. The fraction of sp³-hybridized carbons (Fsp3) is 0.647. The number of hydrogen-bond donors (Lipinski definition) is 1. The summed E-state index contributed by atoms with van der Waals surface area (Å²) in [6, 6.07) is 8.66. The Kier molecular flexibility index (Phi) is 5.41. The van der Waals surface area contributed by atoms with Crippen molar-refractivity contribution < 1.29 is 4.74 Å². The highest BCUT2D eigenvalue weighted by molar-refractivity contribution is 5.22. The highest BCUT2D eigenvalue weighted by Crippen LogP contribution is 2.30. The van der Waals surface area contributed by atoms with E-state index in [0.29, 0.717) is 12.6 Å². The van der Waals surface area contributed by atoms with Gasteiger partial charge in [-0.25, -0.2) is 0 Å². The summed E-state index contributed by atoms with van der Waals surface area (Å²) in [7, 11) is 0. The van der Waals surface area contributed by atoms with E-state index in [2.05, 4.69) is 38.1 Å². The monoisotopic (exact) mass is 261 g/mol. The molecule has 2 rings (SSSR count). The van der Waals surface area contributed by atoms with Gasteiger partial charge in [0.25, 0.3) is 0 Å². The van der Waals surface area contributed by atoms with E-state index in [1.165, 1.54) is 30.4 Å². The van der Waals surface area contributed by atoms with Crippen LogP contribution in [-0.2, 0) is 17.8 Å². The Balaban J connectivity index is 1.81. The molecule has 0 bridgehead atoms. The molecule has 0 amide bonds. The number of ether oxygens (including phenoxy) is 1. The van der Waals surface area contributed by atoms with Crippen molar-refractivity contribution in [2.24, 2.45) is 17.6 Å². The van der Waals surface area contributed by atoms with Crippen LogP contribution in [0.15, 0.2) is 24.3 Å². The van der Waals surface area contributed by atoms with Gasteiger partial charge in [-0.15, -0.1) is 0 Å². The summed E-state index contributed by atoms with van der Waals surface area (Å²) in [6.45, 7) is 6.14. The number of rotatable bonds is 5. The average Bonchev–Trinajstić information content (AvgIpc) is 2.37. The molecular formula is C17H27NO. The Hall–Kier alpha value is -0.860. The molecule has 1 aliphatic rings. The number of benzene rings is 1. The Morgan fingerprint density at radius 3 is 2.16 bits per heavy atom. The fourth-order valence-electron chi connectivity index (χ4n) is 3.19. The third-order valence-corrected chi connectivity index (χ3v) is 4.08. The predicted octanol–water partition coefficient (Wildman–Crippen LogP) is 3.53. The molecule has 1 aromatic rings. The average molecular weight is 261 g/mol. The minimum absolute atomic E-state index is 0.447. The van der Waals surface area contributed by atoms with Crippen molar-refractivity contribution >= 4 is 0 Å². The van der Waals surface area contributed by atoms with Crippen LogP contribution in [0.5, 0.6) is 0 Å². The summed E-state index contributed by atoms with van der Waals surface area (Å²) in [4.78, 5) is 0. The van der Waals surface area contributed by atoms with Crippen LogP contribution in [0.2, 0.25) is 0 Å². The molecule has 1 aliphatic carbocycles. The Bertz CT molecular complexity index is 363. The Morgan fingerprint density at radius 2 is 1.58 bits per heavy atom. The minimum Gasteiger partial charge on any atom is -0.374 e. The maximum atomic E-state index is 6.08. The quantitative estimate of drug-likeness (QED) is 0.880. The summed E-state index contributed by atoms with van der Waals surface area (Å²) in [5.74, 6) is 1.61. The zero-order valence-corrected chi connectivity index (χ0v) is 12.3. The number of nitrogens with two attached hydrogens (primary N) is 1. The highest BCUT2D eigenvalue weighted by Gasteiger charge is 2.24. The second kappa shape index (κ2) is 7.06. The van der Waals surface area contributed by atoms with Crippen molar-refractivity contribution in [3.05, 3.63) is 35.4 Å². The largest absolute Gasteiger partial charge is 0.374 e. The van der Waals surface area contributed by atoms with Crippen LogP contribution < -0.4 is 5.73 Å². The van der Waals surface area contributed by atoms with Crippen LogP contribution in [0.3, 0.4) is 0 Å². The minimum atomic E-state index is 0.447. The lowest BCUT2D eigenvalue weighted by atomic mass is 9.82. The molecule has 2 atom stereocenters. The molecule has 1 fully saturated rings. The van der Waals surface area contributed by atoms with E-state index in [4.69, 9.17) is 10.5 Å². The first-order valence-corrected chi connectivity index (χ1v) is 7.57. The Morgan fingerprint density at radius 1 is 1.00 bits per heavy atom. The zero-order chi connectivity index (χ0) is 13.7. The molecule has 0 aliphatic heterocycles. The second-order valence-corrected chi connectivity index (χ2v) is 6.21. The van der Waals surface area contributed by atoms with Crippen LogP contribution in [0, 0.1) is 11.8 Å². The van der Waals surface area contributed by atoms with Crippen molar-refractivity contribution in [1.82, 2.24) is 0 Å². The first-order valence-electron chi connectivity index (χ1n) is 7.57. The van der Waals surface area contributed by atoms with Crippen molar-refractivity contribution in [3.63, 3.8) is 0 Å². The molecule has 0 aromatic heterocycles. The third-order valence-electron chi connectivity index (χ3n) is 4.08. The molecule has 0 radical (unpaired) electrons. The van der Waals surface area contributed by atoms with E-state index in [0.717, 1.165) is 24.9 Å². The SMILES string of the molecule is CC1CC(C)CC(OCc2ccc(CCN)cc2)C1. The van der Waals surface area contributed by atoms with Crippen LogP contribution >= 0.6 is 0 Å². The van der Waals surface area contributed by atoms with Gasteiger partial charge in [-0.05, 0) is 55.2 Å². The Labute approximate surface area is 117 Å². The second-order valence-electron chi connectivity index (χ2n) is 6.21. The van der Waals surface area contributed by atoms with Crippen LogP contribution in [-0.4, -0.2) is 12.6 Å². The van der Waals surface area contributed by atoms with E-state index in [1.807, 2.05) is 0 Å². The summed E-state index contributed by atoms with van der Waals surface area (Å²) in [6.07, 6.45) is 5.19. The lowest BCUT2D eigenvalue weighted by Gasteiger charge is -2.31. The zero-order valence-electron chi connectivity index (χ0n) is 12.3. The maximum absolute atomic E-state index is 6.08. The predicted molar refractivity (Wildman–Crippen MR) is 80.0 cm³/mol. The normalized spacial score (nSPS) is 27.4. The van der Waals surface area contributed by atoms with E-state index >= 15 is 0 Å². The molecule has 2 heteroatoms. The molecule has 2 nitrogen and oxygen atoms in total. The topological polar surface area (TPSA) is 35.2 Å². The van der Waals surface area contributed by atoms with Gasteiger partial charge in [0.05, 0.1) is 12.7 Å². The number of hydrogen-bond acceptors (Lipinski definition) is 2. The summed E-state index contributed by atoms with van der Waals surface area (Å²) in [5.41, 5.74) is 8.14. The summed E-state index contributed by atoms with van der Waals surface area (Å²) < 4.78 is 6.08. The third kappa shape index (κ3) is 4.63. The van der Waals surface area contributed by atoms with Crippen LogP contribution in [0.1, 0.15) is 44.2 Å². The van der Waals surface area contributed by atoms with E-state index in [9.17, 15) is 0 Å². The molecule has 1 saturated carbocycles. The molecule has 2 N–H and O–H groups in total. The van der Waals surface area contributed by atoms with E-state index in [1.54, 1.807) is 0 Å². The molecule has 19 heavy (non-hydrogen) atoms. The van der Waals surface area contributed by atoms with Gasteiger partial charge in [0.15, 0.2) is 0 Å². The highest BCUT2D eigenvalue weighted by atomic mass is 16.5. The standard InChI is InChI=1S/C17H27NO/c1-13-9-14(2)11-17(10-13)19-12-16-5-3-15(4-6-16)7-8-18/h3-6,13-14,17H,7-12,18H2,1-2H3. The van der Waals surface area contributed by atoms with Gasteiger partial charge >= 0.3 is 0 Å². The smallest absolute Gasteiger partial charge is 0.0720 e. The van der Waals surface area contributed by atoms with Gasteiger partial charge in [-0.3, -0.25) is 0 Å². The van der Waals surface area contributed by atoms with Crippen molar-refractivity contribution in [3.8, 4) is 0 Å². The first-order chi connectivity index (χ1) is 9.17. The molecule has 0 saturated heterocycles. The fourth-order valence-corrected chi connectivity index (χ4v) is 3.19. The van der Waals surface area contributed by atoms with Crippen molar-refractivity contribution in [2.75, 3.05) is 6.54 Å². The van der Waals surface area contributed by atoms with Gasteiger partial charge in [0.1, 0.15) is 0 Å². The molecule has 0 heterocycles. The lowest BCUT2D eigenvalue weighted by Crippen LogP contribution is -2.26. The molecule has 1 aromatic carbocycles. The van der Waals surface area contributed by atoms with Crippen LogP contribution in [0.25, 0.3) is 0 Å². The molecule has 2 unspecified atom stereocenters. The van der Waals surface area contributed by atoms with Gasteiger partial charge in [-0.1, -0.05) is 38.1 Å². The maximum Gasteiger partial charge on any atom is 0.0720 e. The van der Waals surface area contributed by atoms with Crippen LogP contribution in [0.4, 0.5) is 0 Å². The van der Waals surface area contributed by atoms with Gasteiger partial charge in [-0.2, -0.15) is 0 Å². The molecule has 106 valence electrons. The summed E-state index contributed by atoms with van der Waals surface area (Å²) in [5, 5.41) is 0. The van der Waals surface area contributed by atoms with E-state index in [-0.39, 0.29) is 0 Å². The first kappa shape index (κ1) is 14.5. The van der Waals surface area contributed by atoms with Gasteiger partial charge < -0.3 is 10.5 Å². The van der Waals surface area contributed by atoms with Gasteiger partial charge in [0.2, 0.25) is 0 Å². The van der Waals surface area contributed by atoms with Crippen molar-refractivity contribution in [2.45, 2.75) is 52.2 Å². The van der Waals surface area contributed by atoms with Crippen molar-refractivity contribution in [1.29, 1.82) is 0 Å². The molecular weight excluding hydrogens is 234 g/mol. The molecule has 0 spiro atoms. The van der Waals surface area contributed by atoms with Gasteiger partial charge in [0, 0.05) is 0 Å². The summed E-state index contributed by atoms with van der Waals surface area (Å²) >= 11 is 0. The van der Waals surface area contributed by atoms with E-state index < -0.39 is 0 Å².